The molecule has 0 saturated heterocycles. The van der Waals surface area contributed by atoms with Gasteiger partial charge >= 0.3 is 0 Å². The van der Waals surface area contributed by atoms with Gasteiger partial charge in [0, 0.05) is 31.0 Å². The van der Waals surface area contributed by atoms with Crippen LogP contribution < -0.4 is 10.6 Å². The molecule has 7 nitrogen and oxygen atoms in total. The number of benzene rings is 1. The summed E-state index contributed by atoms with van der Waals surface area (Å²) >= 11 is 0. The molecule has 9 heteroatoms. The van der Waals surface area contributed by atoms with Gasteiger partial charge in [0.15, 0.2) is 11.6 Å². The zero-order valence-electron chi connectivity index (χ0n) is 17.0. The van der Waals surface area contributed by atoms with Gasteiger partial charge in [-0.25, -0.2) is 14.4 Å². The maximum Gasteiger partial charge on any atom is 0.254 e. The molecule has 4 rings (SSSR count). The molecule has 31 heavy (non-hydrogen) atoms. The van der Waals surface area contributed by atoms with E-state index in [0.29, 0.717) is 34.7 Å². The number of rotatable bonds is 6. The van der Waals surface area contributed by atoms with E-state index in [4.69, 9.17) is 4.42 Å². The van der Waals surface area contributed by atoms with Crippen molar-refractivity contribution in [3.8, 4) is 11.5 Å². The van der Waals surface area contributed by atoms with Crippen LogP contribution in [0.5, 0.6) is 0 Å². The fourth-order valence-corrected chi connectivity index (χ4v) is 3.36. The molecule has 0 unspecified atom stereocenters. The quantitative estimate of drug-likeness (QED) is 0.470. The molecule has 160 valence electrons. The van der Waals surface area contributed by atoms with Gasteiger partial charge in [-0.05, 0) is 17.7 Å². The lowest BCUT2D eigenvalue weighted by Crippen LogP contribution is -2.20. The third-order valence-corrected chi connectivity index (χ3v) is 4.90. The minimum atomic E-state index is -0.642. The number of carbonyl (C=O) groups excluding carboxylic acids is 1. The van der Waals surface area contributed by atoms with Crippen LogP contribution >= 0.6 is 13.5 Å². The van der Waals surface area contributed by atoms with Crippen LogP contribution in [0.1, 0.15) is 28.8 Å². The highest BCUT2D eigenvalue weighted by atomic mass is 32.1. The van der Waals surface area contributed by atoms with E-state index in [0.717, 1.165) is 11.8 Å². The number of para-hydroxylation sites is 1. The number of nitrogens with one attached hydrogen (secondary N) is 2. The average Bonchev–Trinajstić information content (AvgIpc) is 3.31. The first kappa shape index (κ1) is 22.2. The predicted molar refractivity (Wildman–Crippen MR) is 122 cm³/mol. The monoisotopic (exact) mass is 439 g/mol. The summed E-state index contributed by atoms with van der Waals surface area (Å²) < 4.78 is 19.6. The number of anilines is 1. The zero-order chi connectivity index (χ0) is 21.1. The molecule has 0 aliphatic rings. The summed E-state index contributed by atoms with van der Waals surface area (Å²) in [7, 11) is 1.48. The number of nitrogens with zero attached hydrogens (tertiary/aromatic N) is 3. The molecule has 0 aliphatic carbocycles. The molecule has 0 radical (unpaired) electrons. The Kier molecular flexibility index (Phi) is 6.86. The van der Waals surface area contributed by atoms with Gasteiger partial charge in [0.25, 0.3) is 5.91 Å². The van der Waals surface area contributed by atoms with Gasteiger partial charge in [0.2, 0.25) is 0 Å². The normalized spacial score (nSPS) is 11.6. The second kappa shape index (κ2) is 9.57. The van der Waals surface area contributed by atoms with Gasteiger partial charge < -0.3 is 15.1 Å². The average molecular weight is 440 g/mol. The largest absolute Gasteiger partial charge is 0.463 e. The molecule has 0 saturated carbocycles. The molecule has 1 atom stereocenters. The van der Waals surface area contributed by atoms with Crippen LogP contribution in [0, 0.1) is 5.82 Å². The summed E-state index contributed by atoms with van der Waals surface area (Å²) in [6.07, 6.45) is 4.16. The number of fused-ring (bicyclic) bond motifs is 1. The minimum Gasteiger partial charge on any atom is -0.463 e. The molecule has 2 N–H and O–H groups in total. The third-order valence-electron chi connectivity index (χ3n) is 4.90. The van der Waals surface area contributed by atoms with Gasteiger partial charge in [-0.3, -0.25) is 9.78 Å². The minimum absolute atomic E-state index is 0. The van der Waals surface area contributed by atoms with Crippen LogP contribution in [-0.4, -0.2) is 34.5 Å². The van der Waals surface area contributed by atoms with E-state index in [1.54, 1.807) is 24.5 Å². The van der Waals surface area contributed by atoms with Crippen LogP contribution in [0.3, 0.4) is 0 Å². The molecule has 3 aromatic heterocycles. The number of hydrogen-bond donors (Lipinski definition) is 2. The highest BCUT2D eigenvalue weighted by Crippen LogP contribution is 2.28. The molecule has 0 aliphatic heterocycles. The molecule has 0 bridgehead atoms. The smallest absolute Gasteiger partial charge is 0.254 e. The highest BCUT2D eigenvalue weighted by Gasteiger charge is 2.19. The zero-order valence-corrected chi connectivity index (χ0v) is 18.0. The Morgan fingerprint density at radius 2 is 2.03 bits per heavy atom. The Morgan fingerprint density at radius 3 is 2.77 bits per heavy atom. The van der Waals surface area contributed by atoms with Crippen LogP contribution in [0.4, 0.5) is 10.2 Å². The van der Waals surface area contributed by atoms with Gasteiger partial charge in [-0.1, -0.05) is 25.1 Å². The highest BCUT2D eigenvalue weighted by molar-refractivity contribution is 7.59. The van der Waals surface area contributed by atoms with Crippen molar-refractivity contribution in [3.63, 3.8) is 0 Å². The number of pyridine rings is 1. The SMILES string of the molecule is CNC(=O)c1c(F)cnc2c([C@H](C)CNc3cc(-c4ccco4)ncn3)cccc12.S. The molecule has 3 heterocycles. The number of amides is 1. The summed E-state index contributed by atoms with van der Waals surface area (Å²) in [5.74, 6) is 0.223. The number of carbonyl (C=O) groups is 1. The maximum atomic E-state index is 14.3. The summed E-state index contributed by atoms with van der Waals surface area (Å²) in [5.41, 5.74) is 2.20. The van der Waals surface area contributed by atoms with E-state index in [-0.39, 0.29) is 25.0 Å². The van der Waals surface area contributed by atoms with Gasteiger partial charge in [0.05, 0.1) is 23.5 Å². The molecular formula is C22H22FN5O2S. The summed E-state index contributed by atoms with van der Waals surface area (Å²) in [6.45, 7) is 2.59. The van der Waals surface area contributed by atoms with E-state index in [1.165, 1.54) is 13.4 Å². The standard InChI is InChI=1S/C22H20FN5O2.H2S/c1-13(10-25-19-9-17(27-12-28-19)18-7-4-8-30-18)14-5-3-6-15-20(22(29)24-2)16(23)11-26-21(14)15;/h3-9,11-13H,10H2,1-2H3,(H,24,29)(H,25,27,28);1H2/t13-;/m1./s1. The molecule has 4 aromatic rings. The Bertz CT molecular complexity index is 1200. The fraction of sp³-hybridized carbons (Fsp3) is 0.182. The predicted octanol–water partition coefficient (Wildman–Crippen LogP) is 4.11. The third kappa shape index (κ3) is 4.51. The van der Waals surface area contributed by atoms with E-state index in [2.05, 4.69) is 25.6 Å². The van der Waals surface area contributed by atoms with Crippen molar-refractivity contribution in [3.05, 3.63) is 72.1 Å². The number of aromatic nitrogens is 3. The van der Waals surface area contributed by atoms with Crippen molar-refractivity contribution in [1.82, 2.24) is 20.3 Å². The molecule has 0 fully saturated rings. The van der Waals surface area contributed by atoms with E-state index in [1.807, 2.05) is 25.1 Å². The first-order valence-electron chi connectivity index (χ1n) is 9.47. The summed E-state index contributed by atoms with van der Waals surface area (Å²) in [4.78, 5) is 24.9. The topological polar surface area (TPSA) is 92.9 Å². The Morgan fingerprint density at radius 1 is 1.19 bits per heavy atom. The number of furan rings is 1. The Labute approximate surface area is 185 Å². The van der Waals surface area contributed by atoms with Crippen molar-refractivity contribution >= 4 is 36.1 Å². The van der Waals surface area contributed by atoms with E-state index in [9.17, 15) is 9.18 Å². The molecular weight excluding hydrogens is 417 g/mol. The van der Waals surface area contributed by atoms with Gasteiger partial charge in [0.1, 0.15) is 17.8 Å². The molecule has 1 aromatic carbocycles. The number of halogens is 1. The van der Waals surface area contributed by atoms with Crippen molar-refractivity contribution in [2.75, 3.05) is 18.9 Å². The van der Waals surface area contributed by atoms with Crippen LogP contribution in [0.15, 0.2) is 59.6 Å². The van der Waals surface area contributed by atoms with Crippen molar-refractivity contribution in [2.45, 2.75) is 12.8 Å². The van der Waals surface area contributed by atoms with Crippen LogP contribution in [0.2, 0.25) is 0 Å². The molecule has 0 spiro atoms. The van der Waals surface area contributed by atoms with Crippen LogP contribution in [-0.2, 0) is 0 Å². The van der Waals surface area contributed by atoms with Crippen molar-refractivity contribution in [2.24, 2.45) is 0 Å². The number of hydrogen-bond acceptors (Lipinski definition) is 6. The lowest BCUT2D eigenvalue weighted by atomic mass is 9.96. The maximum absolute atomic E-state index is 14.3. The van der Waals surface area contributed by atoms with Crippen LogP contribution in [0.25, 0.3) is 22.4 Å². The Balaban J connectivity index is 0.00000272. The van der Waals surface area contributed by atoms with Gasteiger partial charge in [-0.2, -0.15) is 13.5 Å². The van der Waals surface area contributed by atoms with Crippen molar-refractivity contribution in [1.29, 1.82) is 0 Å². The lowest BCUT2D eigenvalue weighted by molar-refractivity contribution is 0.0961. The second-order valence-corrected chi connectivity index (χ2v) is 6.85. The lowest BCUT2D eigenvalue weighted by Gasteiger charge is -2.16. The van der Waals surface area contributed by atoms with E-state index < -0.39 is 11.7 Å². The summed E-state index contributed by atoms with van der Waals surface area (Å²) in [6, 6.07) is 10.9. The first-order chi connectivity index (χ1) is 14.6. The Hall–Kier alpha value is -3.46. The van der Waals surface area contributed by atoms with E-state index >= 15 is 0 Å². The summed E-state index contributed by atoms with van der Waals surface area (Å²) in [5, 5.41) is 6.27. The van der Waals surface area contributed by atoms with Gasteiger partial charge in [-0.15, -0.1) is 0 Å². The second-order valence-electron chi connectivity index (χ2n) is 6.85. The first-order valence-corrected chi connectivity index (χ1v) is 9.47. The van der Waals surface area contributed by atoms with Crippen molar-refractivity contribution < 1.29 is 13.6 Å². The fourth-order valence-electron chi connectivity index (χ4n) is 3.36. The molecule has 1 amide bonds.